The van der Waals surface area contributed by atoms with E-state index < -0.39 is 0 Å². The van der Waals surface area contributed by atoms with Crippen LogP contribution in [0.1, 0.15) is 0 Å². The largest absolute Gasteiger partial charge is 0.497 e. The zero-order valence-electron chi connectivity index (χ0n) is 14.7. The van der Waals surface area contributed by atoms with E-state index in [-0.39, 0.29) is 0 Å². The number of hydrogen-bond donors (Lipinski definition) is 1. The van der Waals surface area contributed by atoms with Gasteiger partial charge in [-0.05, 0) is 30.3 Å². The molecule has 1 aromatic heterocycles. The number of nitrogens with one attached hydrogen (secondary N) is 1. The Balaban J connectivity index is 1.91. The topological polar surface area (TPSA) is 34.2 Å². The molecular weight excluding hydrogens is 342 g/mol. The van der Waals surface area contributed by atoms with Gasteiger partial charge in [-0.2, -0.15) is 0 Å². The van der Waals surface area contributed by atoms with Crippen LogP contribution in [0, 0.1) is 0 Å². The first kappa shape index (κ1) is 16.6. The van der Waals surface area contributed by atoms with Crippen LogP contribution in [0.5, 0.6) is 11.5 Å². The van der Waals surface area contributed by atoms with Crippen molar-refractivity contribution in [3.05, 3.63) is 72.8 Å². The average Bonchev–Trinajstić information content (AvgIpc) is 3.07. The predicted molar refractivity (Wildman–Crippen MR) is 107 cm³/mol. The Morgan fingerprint density at radius 1 is 0.769 bits per heavy atom. The summed E-state index contributed by atoms with van der Waals surface area (Å²) in [7, 11) is 3.34. The second-order valence-corrected chi connectivity index (χ2v) is 6.97. The molecule has 0 amide bonds. The summed E-state index contributed by atoms with van der Waals surface area (Å²) in [5.74, 6) is 1.54. The van der Waals surface area contributed by atoms with E-state index in [1.807, 2.05) is 30.3 Å². The van der Waals surface area contributed by atoms with Crippen LogP contribution >= 0.6 is 11.8 Å². The van der Waals surface area contributed by atoms with Gasteiger partial charge in [0.15, 0.2) is 0 Å². The van der Waals surface area contributed by atoms with Crippen LogP contribution in [0.2, 0.25) is 0 Å². The highest BCUT2D eigenvalue weighted by Gasteiger charge is 2.16. The van der Waals surface area contributed by atoms with E-state index in [2.05, 4.69) is 47.4 Å². The molecule has 0 saturated heterocycles. The summed E-state index contributed by atoms with van der Waals surface area (Å²) < 4.78 is 10.9. The lowest BCUT2D eigenvalue weighted by atomic mass is 10.1. The number of hydrogen-bond acceptors (Lipinski definition) is 3. The minimum absolute atomic E-state index is 0.772. The number of para-hydroxylation sites is 1. The van der Waals surface area contributed by atoms with Gasteiger partial charge in [0.2, 0.25) is 0 Å². The smallest absolute Gasteiger partial charge is 0.123 e. The predicted octanol–water partition coefficient (Wildman–Crippen LogP) is 6.00. The molecule has 0 atom stereocenters. The minimum Gasteiger partial charge on any atom is -0.497 e. The fraction of sp³-hybridized carbons (Fsp3) is 0.0909. The van der Waals surface area contributed by atoms with Gasteiger partial charge >= 0.3 is 0 Å². The number of H-pyrrole nitrogens is 1. The minimum atomic E-state index is 0.772. The van der Waals surface area contributed by atoms with Gasteiger partial charge in [-0.25, -0.2) is 0 Å². The molecule has 130 valence electrons. The summed E-state index contributed by atoms with van der Waals surface area (Å²) >= 11 is 1.76. The molecule has 4 rings (SSSR count). The molecule has 1 heterocycles. The first-order valence-corrected chi connectivity index (χ1v) is 9.17. The molecule has 0 radical (unpaired) electrons. The lowest BCUT2D eigenvalue weighted by Gasteiger charge is -2.10. The molecule has 0 unspecified atom stereocenters. The molecule has 0 fully saturated rings. The van der Waals surface area contributed by atoms with Crippen molar-refractivity contribution in [1.82, 2.24) is 4.98 Å². The molecule has 1 N–H and O–H groups in total. The Morgan fingerprint density at radius 3 is 2.12 bits per heavy atom. The molecule has 3 nitrogen and oxygen atoms in total. The Morgan fingerprint density at radius 2 is 1.42 bits per heavy atom. The molecule has 4 aromatic rings. The normalized spacial score (nSPS) is 10.8. The summed E-state index contributed by atoms with van der Waals surface area (Å²) in [5.41, 5.74) is 3.22. The maximum atomic E-state index is 5.45. The third-order valence-electron chi connectivity index (χ3n) is 4.26. The first-order valence-electron chi connectivity index (χ1n) is 8.35. The third-order valence-corrected chi connectivity index (χ3v) is 5.40. The van der Waals surface area contributed by atoms with Crippen molar-refractivity contribution >= 4 is 22.7 Å². The van der Waals surface area contributed by atoms with Crippen molar-refractivity contribution in [1.29, 1.82) is 0 Å². The highest BCUT2D eigenvalue weighted by atomic mass is 32.2. The second-order valence-electron chi connectivity index (χ2n) is 5.89. The number of fused-ring (bicyclic) bond motifs is 1. The zero-order valence-corrected chi connectivity index (χ0v) is 15.5. The Hall–Kier alpha value is -2.85. The molecule has 4 heteroatoms. The molecule has 0 aliphatic heterocycles. The van der Waals surface area contributed by atoms with Gasteiger partial charge in [0.1, 0.15) is 11.5 Å². The number of rotatable bonds is 5. The van der Waals surface area contributed by atoms with Crippen LogP contribution < -0.4 is 9.47 Å². The molecule has 0 aliphatic rings. The number of aromatic amines is 1. The van der Waals surface area contributed by atoms with Crippen molar-refractivity contribution in [2.24, 2.45) is 0 Å². The van der Waals surface area contributed by atoms with Gasteiger partial charge in [-0.15, -0.1) is 0 Å². The quantitative estimate of drug-likeness (QED) is 0.473. The Labute approximate surface area is 157 Å². The monoisotopic (exact) mass is 361 g/mol. The van der Waals surface area contributed by atoms with Crippen molar-refractivity contribution in [3.63, 3.8) is 0 Å². The summed E-state index contributed by atoms with van der Waals surface area (Å²) in [6.45, 7) is 0. The fourth-order valence-electron chi connectivity index (χ4n) is 2.98. The molecule has 0 saturated carbocycles. The summed E-state index contributed by atoms with van der Waals surface area (Å²) in [5, 5.41) is 1.21. The summed E-state index contributed by atoms with van der Waals surface area (Å²) in [6, 6.07) is 24.7. The van der Waals surface area contributed by atoms with Gasteiger partial charge in [-0.3, -0.25) is 0 Å². The number of benzene rings is 3. The first-order chi connectivity index (χ1) is 12.8. The van der Waals surface area contributed by atoms with Crippen molar-refractivity contribution in [2.75, 3.05) is 14.2 Å². The van der Waals surface area contributed by atoms with Crippen molar-refractivity contribution < 1.29 is 9.47 Å². The van der Waals surface area contributed by atoms with Gasteiger partial charge in [-0.1, -0.05) is 48.2 Å². The molecule has 3 aromatic carbocycles. The van der Waals surface area contributed by atoms with Crippen LogP contribution in [-0.4, -0.2) is 19.2 Å². The molecule has 26 heavy (non-hydrogen) atoms. The average molecular weight is 361 g/mol. The second kappa shape index (κ2) is 7.18. The highest BCUT2D eigenvalue weighted by Crippen LogP contribution is 2.42. The van der Waals surface area contributed by atoms with Crippen LogP contribution in [-0.2, 0) is 0 Å². The molecule has 0 spiro atoms. The van der Waals surface area contributed by atoms with E-state index in [1.165, 1.54) is 15.2 Å². The number of ether oxygens (including phenoxy) is 2. The van der Waals surface area contributed by atoms with Crippen molar-refractivity contribution in [3.8, 4) is 22.8 Å². The van der Waals surface area contributed by atoms with E-state index in [9.17, 15) is 0 Å². The van der Waals surface area contributed by atoms with Gasteiger partial charge in [0.25, 0.3) is 0 Å². The van der Waals surface area contributed by atoms with E-state index in [1.54, 1.807) is 26.0 Å². The Bertz CT molecular complexity index is 1020. The standard InChI is InChI=1S/C22H19NO2S/c1-24-16-12-15(13-17(14-16)25-2)21-22(26-18-8-4-3-5-9-18)19-10-6-7-11-20(19)23-21/h3-14,23H,1-2H3. The SMILES string of the molecule is COc1cc(OC)cc(-c2[nH]c3ccccc3c2Sc2ccccc2)c1. The lowest BCUT2D eigenvalue weighted by Crippen LogP contribution is -1.89. The van der Waals surface area contributed by atoms with E-state index in [0.717, 1.165) is 28.3 Å². The maximum absolute atomic E-state index is 5.45. The number of aromatic nitrogens is 1. The van der Waals surface area contributed by atoms with Crippen LogP contribution in [0.15, 0.2) is 82.6 Å². The summed E-state index contributed by atoms with van der Waals surface area (Å²) in [6.07, 6.45) is 0. The number of methoxy groups -OCH3 is 2. The van der Waals surface area contributed by atoms with Gasteiger partial charge in [0, 0.05) is 32.3 Å². The summed E-state index contributed by atoms with van der Waals surface area (Å²) in [4.78, 5) is 5.97. The molecular formula is C22H19NO2S. The van der Waals surface area contributed by atoms with Crippen LogP contribution in [0.3, 0.4) is 0 Å². The fourth-order valence-corrected chi connectivity index (χ4v) is 4.07. The Kier molecular flexibility index (Phi) is 4.59. The third kappa shape index (κ3) is 3.16. The van der Waals surface area contributed by atoms with Gasteiger partial charge < -0.3 is 14.5 Å². The van der Waals surface area contributed by atoms with Gasteiger partial charge in [0.05, 0.1) is 19.9 Å². The van der Waals surface area contributed by atoms with E-state index >= 15 is 0 Å². The van der Waals surface area contributed by atoms with E-state index in [4.69, 9.17) is 9.47 Å². The molecule has 0 bridgehead atoms. The van der Waals surface area contributed by atoms with Crippen LogP contribution in [0.4, 0.5) is 0 Å². The van der Waals surface area contributed by atoms with E-state index in [0.29, 0.717) is 0 Å². The highest BCUT2D eigenvalue weighted by molar-refractivity contribution is 7.99. The maximum Gasteiger partial charge on any atom is 0.123 e. The zero-order chi connectivity index (χ0) is 17.9. The van der Waals surface area contributed by atoms with Crippen molar-refractivity contribution in [2.45, 2.75) is 9.79 Å². The lowest BCUT2D eigenvalue weighted by molar-refractivity contribution is 0.394. The molecule has 0 aliphatic carbocycles. The van der Waals surface area contributed by atoms with Crippen LogP contribution in [0.25, 0.3) is 22.2 Å².